The zero-order valence-electron chi connectivity index (χ0n) is 21.3. The molecule has 12 nitrogen and oxygen atoms in total. The molecule has 0 aliphatic heterocycles. The van der Waals surface area contributed by atoms with Crippen LogP contribution in [0.1, 0.15) is 40.5 Å². The Bertz CT molecular complexity index is 685. The highest BCUT2D eigenvalue weighted by Gasteiger charge is 2.46. The van der Waals surface area contributed by atoms with E-state index in [-0.39, 0.29) is 28.5 Å². The van der Waals surface area contributed by atoms with Gasteiger partial charge in [0.2, 0.25) is 0 Å². The van der Waals surface area contributed by atoms with Crippen LogP contribution in [-0.4, -0.2) is 98.2 Å². The van der Waals surface area contributed by atoms with E-state index in [0.29, 0.717) is 6.42 Å². The van der Waals surface area contributed by atoms with Crippen molar-refractivity contribution < 1.29 is 55.1 Å². The number of nitrogens with zero attached hydrogens (tertiary/aromatic N) is 3. The number of imide groups is 1. The molecule has 0 aromatic heterocycles. The quantitative estimate of drug-likeness (QED) is 0.0937. The molecule has 0 aromatic carbocycles. The number of hydroxylamine groups is 3. The Labute approximate surface area is 211 Å². The summed E-state index contributed by atoms with van der Waals surface area (Å²) in [6.07, 6.45) is -11.6. The summed E-state index contributed by atoms with van der Waals surface area (Å²) in [5.41, 5.74) is 8.29. The first-order valence-corrected chi connectivity index (χ1v) is 11.3. The normalized spacial score (nSPS) is 14.8. The molecule has 0 aliphatic rings. The van der Waals surface area contributed by atoms with Gasteiger partial charge >= 0.3 is 18.0 Å². The number of carbonyl (C=O) groups is 2. The maximum atomic E-state index is 13.8. The van der Waals surface area contributed by atoms with Crippen LogP contribution < -0.4 is 16.5 Å². The zero-order chi connectivity index (χ0) is 28.8. The van der Waals surface area contributed by atoms with Gasteiger partial charge in [-0.1, -0.05) is 19.0 Å². The maximum Gasteiger partial charge on any atom is 0.400 e. The summed E-state index contributed by atoms with van der Waals surface area (Å²) in [6.45, 7) is 2.06. The zero-order valence-corrected chi connectivity index (χ0v) is 21.3. The van der Waals surface area contributed by atoms with Crippen molar-refractivity contribution in [2.45, 2.75) is 71.4 Å². The fourth-order valence-electron chi connectivity index (χ4n) is 2.43. The third kappa shape index (κ3) is 12.1. The van der Waals surface area contributed by atoms with Crippen LogP contribution in [0.2, 0.25) is 0 Å². The molecule has 37 heavy (non-hydrogen) atoms. The van der Waals surface area contributed by atoms with E-state index in [4.69, 9.17) is 15.3 Å². The van der Waals surface area contributed by atoms with Gasteiger partial charge in [-0.15, -0.1) is 5.06 Å². The van der Waals surface area contributed by atoms with Crippen LogP contribution in [0.3, 0.4) is 0 Å². The Morgan fingerprint density at radius 3 is 2.19 bits per heavy atom. The van der Waals surface area contributed by atoms with Crippen molar-refractivity contribution in [3.8, 4) is 0 Å². The van der Waals surface area contributed by atoms with Crippen LogP contribution in [0.15, 0.2) is 0 Å². The lowest BCUT2D eigenvalue weighted by Gasteiger charge is -2.38. The SMILES string of the molecule is CCCON(C(=O)N(NCC)N(CCCOC(F)C(F)F)OC(F)(F)CF)C(=O)C(N)(NC)OC(C)C. The summed E-state index contributed by atoms with van der Waals surface area (Å²) in [7, 11) is 1.25. The number of halogens is 6. The summed E-state index contributed by atoms with van der Waals surface area (Å²) in [5.74, 6) is -3.59. The molecule has 18 heteroatoms. The first-order valence-electron chi connectivity index (χ1n) is 11.3. The van der Waals surface area contributed by atoms with E-state index in [1.807, 2.05) is 0 Å². The summed E-state index contributed by atoms with van der Waals surface area (Å²) in [4.78, 5) is 36.0. The average molecular weight is 559 g/mol. The predicted octanol–water partition coefficient (Wildman–Crippen LogP) is 2.04. The van der Waals surface area contributed by atoms with Crippen molar-refractivity contribution in [2.75, 3.05) is 40.0 Å². The van der Waals surface area contributed by atoms with E-state index in [1.165, 1.54) is 14.0 Å². The molecular formula is C19H36F6N6O6. The van der Waals surface area contributed by atoms with E-state index in [0.717, 1.165) is 0 Å². The highest BCUT2D eigenvalue weighted by atomic mass is 19.3. The Morgan fingerprint density at radius 2 is 1.73 bits per heavy atom. The number of ether oxygens (including phenoxy) is 2. The fraction of sp³-hybridized carbons (Fsp3) is 0.895. The number of carbonyl (C=O) groups excluding carboxylic acids is 2. The van der Waals surface area contributed by atoms with Crippen LogP contribution in [0, 0.1) is 0 Å². The van der Waals surface area contributed by atoms with Crippen molar-refractivity contribution in [3.63, 3.8) is 0 Å². The number of hydrogen-bond donors (Lipinski definition) is 3. The van der Waals surface area contributed by atoms with Gasteiger partial charge in [-0.05, 0) is 33.7 Å². The number of nitrogens with two attached hydrogens (primary N) is 1. The third-order valence-corrected chi connectivity index (χ3v) is 3.97. The lowest BCUT2D eigenvalue weighted by Crippen LogP contribution is -2.69. The standard InChI is InChI=1S/C19H36F6N6O6/c1-6-10-35-30(16(32)19(26,27-5)36-13(3)4)17(33)31(28-7-2)29(37-18(24,25)12-20)9-8-11-34-15(23)14(21)22/h13-15,27-28H,6-12,26H2,1-5H3. The van der Waals surface area contributed by atoms with Crippen molar-refractivity contribution in [2.24, 2.45) is 5.73 Å². The van der Waals surface area contributed by atoms with Gasteiger partial charge < -0.3 is 9.47 Å². The second-order valence-corrected chi connectivity index (χ2v) is 7.54. The van der Waals surface area contributed by atoms with Gasteiger partial charge in [0.1, 0.15) is 0 Å². The molecule has 0 bridgehead atoms. The Balaban J connectivity index is 6.11. The summed E-state index contributed by atoms with van der Waals surface area (Å²) >= 11 is 0. The van der Waals surface area contributed by atoms with Crippen molar-refractivity contribution in [1.82, 2.24) is 26.1 Å². The lowest BCUT2D eigenvalue weighted by atomic mass is 10.3. The second kappa shape index (κ2) is 16.9. The van der Waals surface area contributed by atoms with E-state index < -0.39 is 69.0 Å². The number of rotatable bonds is 19. The number of hydrogen-bond acceptors (Lipinski definition) is 10. The molecule has 0 aromatic rings. The number of likely N-dealkylation sites (N-methyl/N-ethyl adjacent to an activating group) is 1. The highest BCUT2D eigenvalue weighted by molar-refractivity contribution is 5.96. The van der Waals surface area contributed by atoms with Crippen LogP contribution >= 0.6 is 0 Å². The topological polar surface area (TPSA) is 131 Å². The molecule has 0 rings (SSSR count). The highest BCUT2D eigenvalue weighted by Crippen LogP contribution is 2.21. The van der Waals surface area contributed by atoms with E-state index in [1.54, 1.807) is 20.8 Å². The van der Waals surface area contributed by atoms with Crippen LogP contribution in [0.4, 0.5) is 31.1 Å². The molecular weight excluding hydrogens is 522 g/mol. The Kier molecular flexibility index (Phi) is 16.1. The van der Waals surface area contributed by atoms with Gasteiger partial charge in [0, 0.05) is 13.1 Å². The van der Waals surface area contributed by atoms with Crippen LogP contribution in [0.25, 0.3) is 0 Å². The first-order chi connectivity index (χ1) is 17.2. The van der Waals surface area contributed by atoms with Crippen molar-refractivity contribution in [1.29, 1.82) is 0 Å². The van der Waals surface area contributed by atoms with E-state index >= 15 is 0 Å². The van der Waals surface area contributed by atoms with Crippen LogP contribution in [0.5, 0.6) is 0 Å². The van der Waals surface area contributed by atoms with Gasteiger partial charge in [-0.3, -0.25) is 20.7 Å². The Hall–Kier alpha value is -1.80. The molecule has 0 heterocycles. The summed E-state index contributed by atoms with van der Waals surface area (Å²) in [6, 6.07) is -1.47. The number of urea groups is 1. The lowest BCUT2D eigenvalue weighted by molar-refractivity contribution is -0.413. The third-order valence-electron chi connectivity index (χ3n) is 3.97. The maximum absolute atomic E-state index is 13.8. The van der Waals surface area contributed by atoms with Gasteiger partial charge in [-0.2, -0.15) is 13.9 Å². The first kappa shape index (κ1) is 35.2. The number of alkyl halides is 6. The molecule has 0 fully saturated rings. The summed E-state index contributed by atoms with van der Waals surface area (Å²) in [5, 5.41) is 2.89. The molecule has 0 saturated carbocycles. The molecule has 0 spiro atoms. The van der Waals surface area contributed by atoms with E-state index in [2.05, 4.69) is 20.3 Å². The van der Waals surface area contributed by atoms with Crippen molar-refractivity contribution in [3.05, 3.63) is 0 Å². The number of hydrazine groups is 2. The van der Waals surface area contributed by atoms with Gasteiger partial charge in [0.05, 0.1) is 19.3 Å². The molecule has 0 saturated heterocycles. The van der Waals surface area contributed by atoms with Crippen molar-refractivity contribution >= 4 is 11.9 Å². The molecule has 220 valence electrons. The minimum atomic E-state index is -4.46. The molecule has 4 N–H and O–H groups in total. The molecule has 0 radical (unpaired) electrons. The molecule has 2 atom stereocenters. The summed E-state index contributed by atoms with van der Waals surface area (Å²) < 4.78 is 87.5. The van der Waals surface area contributed by atoms with Gasteiger partial charge in [0.15, 0.2) is 6.67 Å². The molecule has 3 amide bonds. The fourth-order valence-corrected chi connectivity index (χ4v) is 2.43. The number of amides is 3. The molecule has 2 unspecified atom stereocenters. The molecule has 0 aliphatic carbocycles. The average Bonchev–Trinajstić information content (AvgIpc) is 2.83. The second-order valence-electron chi connectivity index (χ2n) is 7.54. The monoisotopic (exact) mass is 558 g/mol. The largest absolute Gasteiger partial charge is 0.400 e. The smallest absolute Gasteiger partial charge is 0.344 e. The minimum Gasteiger partial charge on any atom is -0.344 e. The minimum absolute atomic E-state index is 0.112. The Morgan fingerprint density at radius 1 is 1.11 bits per heavy atom. The predicted molar refractivity (Wildman–Crippen MR) is 116 cm³/mol. The van der Waals surface area contributed by atoms with E-state index in [9.17, 15) is 35.9 Å². The van der Waals surface area contributed by atoms with Crippen LogP contribution in [-0.2, 0) is 23.9 Å². The van der Waals surface area contributed by atoms with Gasteiger partial charge in [0.25, 0.3) is 18.6 Å². The van der Waals surface area contributed by atoms with Gasteiger partial charge in [-0.25, -0.2) is 32.6 Å². The number of nitrogens with one attached hydrogen (secondary N) is 2.